The van der Waals surface area contributed by atoms with Gasteiger partial charge in [-0.2, -0.15) is 0 Å². The minimum absolute atomic E-state index is 0.186. The smallest absolute Gasteiger partial charge is 0.135 e. The summed E-state index contributed by atoms with van der Waals surface area (Å²) in [5.74, 6) is -1.02. The molecule has 3 nitrogen and oxygen atoms in total. The van der Waals surface area contributed by atoms with Crippen molar-refractivity contribution in [2.45, 2.75) is 13.0 Å². The average molecular weight is 294 g/mol. The third kappa shape index (κ3) is 2.69. The van der Waals surface area contributed by atoms with E-state index < -0.39 is 23.3 Å². The summed E-state index contributed by atoms with van der Waals surface area (Å²) in [5.41, 5.74) is 0.0167. The number of methoxy groups -OCH3 is 2. The van der Waals surface area contributed by atoms with Crippen LogP contribution >= 0.6 is 0 Å². The molecule has 0 heterocycles. The number of hydrogen-bond donors (Lipinski definition) is 1. The number of ether oxygens (including phenoxy) is 2. The minimum Gasteiger partial charge on any atom is -0.496 e. The molecule has 0 saturated heterocycles. The molecular weight excluding hydrogens is 278 g/mol. The van der Waals surface area contributed by atoms with Gasteiger partial charge in [0.05, 0.1) is 25.3 Å². The van der Waals surface area contributed by atoms with Gasteiger partial charge < -0.3 is 14.6 Å². The van der Waals surface area contributed by atoms with E-state index in [-0.39, 0.29) is 11.1 Å². The highest BCUT2D eigenvalue weighted by Crippen LogP contribution is 2.39. The van der Waals surface area contributed by atoms with Crippen LogP contribution in [0.2, 0.25) is 0 Å². The number of aliphatic hydroxyl groups is 1. The minimum atomic E-state index is -1.53. The van der Waals surface area contributed by atoms with E-state index >= 15 is 0 Å². The number of aliphatic hydroxyl groups excluding tert-OH is 1. The zero-order valence-electron chi connectivity index (χ0n) is 12.0. The Morgan fingerprint density at radius 3 is 2.05 bits per heavy atom. The van der Waals surface area contributed by atoms with Gasteiger partial charge in [0, 0.05) is 0 Å². The van der Waals surface area contributed by atoms with Gasteiger partial charge in [0.1, 0.15) is 29.2 Å². The molecule has 0 aliphatic carbocycles. The fourth-order valence-electron chi connectivity index (χ4n) is 2.22. The van der Waals surface area contributed by atoms with Crippen LogP contribution in [-0.4, -0.2) is 19.3 Å². The normalized spacial score (nSPS) is 12.1. The molecule has 0 aliphatic rings. The molecule has 112 valence electrons. The number of rotatable bonds is 4. The monoisotopic (exact) mass is 294 g/mol. The van der Waals surface area contributed by atoms with Crippen molar-refractivity contribution in [3.63, 3.8) is 0 Å². The lowest BCUT2D eigenvalue weighted by Crippen LogP contribution is -2.10. The molecule has 1 N–H and O–H groups in total. The first kappa shape index (κ1) is 15.3. The molecular formula is C16H16F2O3. The van der Waals surface area contributed by atoms with E-state index in [0.717, 1.165) is 6.07 Å². The Morgan fingerprint density at radius 2 is 1.52 bits per heavy atom. The van der Waals surface area contributed by atoms with Gasteiger partial charge >= 0.3 is 0 Å². The molecule has 1 unspecified atom stereocenters. The second-order valence-electron chi connectivity index (χ2n) is 4.57. The molecule has 0 bridgehead atoms. The van der Waals surface area contributed by atoms with E-state index in [4.69, 9.17) is 9.47 Å². The molecule has 0 aromatic heterocycles. The second-order valence-corrected chi connectivity index (χ2v) is 4.57. The highest BCUT2D eigenvalue weighted by atomic mass is 19.1. The van der Waals surface area contributed by atoms with Crippen molar-refractivity contribution in [2.75, 3.05) is 14.2 Å². The van der Waals surface area contributed by atoms with Gasteiger partial charge in [-0.1, -0.05) is 12.1 Å². The zero-order chi connectivity index (χ0) is 15.6. The summed E-state index contributed by atoms with van der Waals surface area (Å²) in [6.45, 7) is 1.50. The van der Waals surface area contributed by atoms with Crippen LogP contribution in [0, 0.1) is 18.6 Å². The van der Waals surface area contributed by atoms with E-state index in [0.29, 0.717) is 11.5 Å². The summed E-state index contributed by atoms with van der Waals surface area (Å²) in [6, 6.07) is 7.29. The van der Waals surface area contributed by atoms with E-state index in [1.165, 1.54) is 27.2 Å². The van der Waals surface area contributed by atoms with Crippen LogP contribution in [0.1, 0.15) is 22.8 Å². The van der Waals surface area contributed by atoms with Crippen molar-refractivity contribution < 1.29 is 23.4 Å². The van der Waals surface area contributed by atoms with Crippen molar-refractivity contribution in [1.82, 2.24) is 0 Å². The molecule has 0 aliphatic heterocycles. The molecule has 1 atom stereocenters. The van der Waals surface area contributed by atoms with Crippen LogP contribution in [0.3, 0.4) is 0 Å². The fourth-order valence-corrected chi connectivity index (χ4v) is 2.22. The Labute approximate surface area is 121 Å². The summed E-state index contributed by atoms with van der Waals surface area (Å²) in [6.07, 6.45) is -1.53. The lowest BCUT2D eigenvalue weighted by Gasteiger charge is -2.19. The maximum Gasteiger partial charge on any atom is 0.135 e. The number of hydrogen-bond acceptors (Lipinski definition) is 3. The molecule has 0 saturated carbocycles. The van der Waals surface area contributed by atoms with E-state index in [9.17, 15) is 13.9 Å². The second kappa shape index (κ2) is 6.10. The van der Waals surface area contributed by atoms with Crippen LogP contribution < -0.4 is 9.47 Å². The van der Waals surface area contributed by atoms with Crippen molar-refractivity contribution in [3.05, 3.63) is 58.7 Å². The maximum atomic E-state index is 14.2. The van der Waals surface area contributed by atoms with Crippen molar-refractivity contribution in [3.8, 4) is 11.5 Å². The van der Waals surface area contributed by atoms with Gasteiger partial charge in [-0.15, -0.1) is 0 Å². The van der Waals surface area contributed by atoms with Crippen LogP contribution in [0.15, 0.2) is 30.3 Å². The summed E-state index contributed by atoms with van der Waals surface area (Å²) in [4.78, 5) is 0. The third-order valence-corrected chi connectivity index (χ3v) is 3.33. The molecule has 2 rings (SSSR count). The topological polar surface area (TPSA) is 38.7 Å². The molecule has 0 spiro atoms. The van der Waals surface area contributed by atoms with Gasteiger partial charge in [-0.3, -0.25) is 0 Å². The molecule has 21 heavy (non-hydrogen) atoms. The number of halogens is 2. The van der Waals surface area contributed by atoms with Crippen molar-refractivity contribution in [2.24, 2.45) is 0 Å². The Kier molecular flexibility index (Phi) is 4.43. The van der Waals surface area contributed by atoms with Crippen molar-refractivity contribution >= 4 is 0 Å². The summed E-state index contributed by atoms with van der Waals surface area (Å²) in [7, 11) is 2.82. The fraction of sp³-hybridized carbons (Fsp3) is 0.250. The first-order valence-corrected chi connectivity index (χ1v) is 6.34. The van der Waals surface area contributed by atoms with Gasteiger partial charge in [0.15, 0.2) is 0 Å². The van der Waals surface area contributed by atoms with Crippen LogP contribution in [0.25, 0.3) is 0 Å². The largest absolute Gasteiger partial charge is 0.496 e. The van der Waals surface area contributed by atoms with Crippen LogP contribution in [0.4, 0.5) is 8.78 Å². The molecule has 5 heteroatoms. The maximum absolute atomic E-state index is 14.2. The molecule has 2 aromatic rings. The highest BCUT2D eigenvalue weighted by Gasteiger charge is 2.26. The quantitative estimate of drug-likeness (QED) is 0.939. The lowest BCUT2D eigenvalue weighted by molar-refractivity contribution is 0.198. The number of aryl methyl sites for hydroxylation is 1. The third-order valence-electron chi connectivity index (χ3n) is 3.33. The Balaban J connectivity index is 2.65. The zero-order valence-corrected chi connectivity index (χ0v) is 12.0. The SMILES string of the molecule is COc1cccc(OC)c1C(O)c1c(F)ccc(C)c1F. The summed E-state index contributed by atoms with van der Waals surface area (Å²) >= 11 is 0. The summed E-state index contributed by atoms with van der Waals surface area (Å²) in [5, 5.41) is 10.5. The van der Waals surface area contributed by atoms with Gasteiger partial charge in [-0.05, 0) is 30.7 Å². The Bertz CT molecular complexity index is 634. The standard InChI is InChI=1S/C16H16F2O3/c1-9-7-8-10(17)13(15(9)18)16(19)14-11(20-2)5-4-6-12(14)21-3/h4-8,16,19H,1-3H3. The summed E-state index contributed by atoms with van der Waals surface area (Å²) < 4.78 is 38.5. The number of benzene rings is 2. The van der Waals surface area contributed by atoms with E-state index in [1.54, 1.807) is 18.2 Å². The van der Waals surface area contributed by atoms with E-state index in [1.807, 2.05) is 0 Å². The average Bonchev–Trinajstić information content (AvgIpc) is 2.50. The molecule has 0 radical (unpaired) electrons. The Morgan fingerprint density at radius 1 is 0.952 bits per heavy atom. The first-order valence-electron chi connectivity index (χ1n) is 6.34. The van der Waals surface area contributed by atoms with Gasteiger partial charge in [0.2, 0.25) is 0 Å². The van der Waals surface area contributed by atoms with Crippen LogP contribution in [0.5, 0.6) is 11.5 Å². The molecule has 2 aromatic carbocycles. The predicted octanol–water partition coefficient (Wildman–Crippen LogP) is 3.37. The van der Waals surface area contributed by atoms with Gasteiger partial charge in [0.25, 0.3) is 0 Å². The first-order chi connectivity index (χ1) is 10.0. The lowest BCUT2D eigenvalue weighted by atomic mass is 9.97. The molecule has 0 amide bonds. The van der Waals surface area contributed by atoms with Crippen LogP contribution in [-0.2, 0) is 0 Å². The molecule has 0 fully saturated rings. The van der Waals surface area contributed by atoms with E-state index in [2.05, 4.69) is 0 Å². The van der Waals surface area contributed by atoms with Crippen molar-refractivity contribution in [1.29, 1.82) is 0 Å². The highest BCUT2D eigenvalue weighted by molar-refractivity contribution is 5.50. The van der Waals surface area contributed by atoms with Gasteiger partial charge in [-0.25, -0.2) is 8.78 Å². The predicted molar refractivity (Wildman–Crippen MR) is 74.7 cm³/mol. The Hall–Kier alpha value is -2.14.